The summed E-state index contributed by atoms with van der Waals surface area (Å²) in [4.78, 5) is 35.6. The van der Waals surface area contributed by atoms with Crippen molar-refractivity contribution in [2.45, 2.75) is 52.1 Å². The Hall–Kier alpha value is -2.57. The van der Waals surface area contributed by atoms with Gasteiger partial charge in [0.2, 0.25) is 11.8 Å². The van der Waals surface area contributed by atoms with Gasteiger partial charge in [-0.15, -0.1) is 0 Å². The average molecular weight is 350 g/mol. The molecule has 1 aromatic rings. The summed E-state index contributed by atoms with van der Waals surface area (Å²) in [6.45, 7) is 5.16. The number of hydrogen-bond donors (Lipinski definition) is 3. The minimum absolute atomic E-state index is 0.118. The third-order valence-electron chi connectivity index (χ3n) is 3.52. The number of aromatic hydroxyl groups is 1. The van der Waals surface area contributed by atoms with Crippen LogP contribution < -0.4 is 10.6 Å². The van der Waals surface area contributed by atoms with Crippen molar-refractivity contribution in [1.82, 2.24) is 10.6 Å². The van der Waals surface area contributed by atoms with Gasteiger partial charge < -0.3 is 20.5 Å². The fourth-order valence-electron chi connectivity index (χ4n) is 2.14. The van der Waals surface area contributed by atoms with E-state index >= 15 is 0 Å². The number of ether oxygens (including phenoxy) is 1. The lowest BCUT2D eigenvalue weighted by Gasteiger charge is -2.20. The fourth-order valence-corrected chi connectivity index (χ4v) is 2.14. The molecule has 0 spiro atoms. The fraction of sp³-hybridized carbons (Fsp3) is 0.500. The molecular weight excluding hydrogens is 324 g/mol. The van der Waals surface area contributed by atoms with E-state index in [4.69, 9.17) is 4.74 Å². The number of rotatable bonds is 9. The predicted molar refractivity (Wildman–Crippen MR) is 92.9 cm³/mol. The summed E-state index contributed by atoms with van der Waals surface area (Å²) >= 11 is 0. The van der Waals surface area contributed by atoms with Crippen molar-refractivity contribution in [1.29, 1.82) is 0 Å². The highest BCUT2D eigenvalue weighted by Crippen LogP contribution is 2.11. The third-order valence-corrected chi connectivity index (χ3v) is 3.52. The Kier molecular flexibility index (Phi) is 8.46. The number of nitrogens with one attached hydrogen (secondary N) is 2. The molecule has 7 nitrogen and oxygen atoms in total. The molecule has 0 radical (unpaired) electrons. The Bertz CT molecular complexity index is 586. The molecule has 7 heteroatoms. The first-order valence-electron chi connectivity index (χ1n) is 8.35. The number of phenols is 1. The molecule has 25 heavy (non-hydrogen) atoms. The van der Waals surface area contributed by atoms with Gasteiger partial charge in [-0.05, 0) is 31.0 Å². The molecule has 0 bridgehead atoms. The molecule has 0 saturated carbocycles. The van der Waals surface area contributed by atoms with Crippen molar-refractivity contribution >= 4 is 17.8 Å². The minimum atomic E-state index is -0.826. The highest BCUT2D eigenvalue weighted by atomic mass is 16.5. The van der Waals surface area contributed by atoms with Crippen LogP contribution in [0.15, 0.2) is 24.3 Å². The van der Waals surface area contributed by atoms with Gasteiger partial charge in [0.1, 0.15) is 17.8 Å². The van der Waals surface area contributed by atoms with Crippen molar-refractivity contribution in [3.63, 3.8) is 0 Å². The van der Waals surface area contributed by atoms with E-state index in [2.05, 4.69) is 10.6 Å². The van der Waals surface area contributed by atoms with E-state index in [1.165, 1.54) is 26.0 Å². The van der Waals surface area contributed by atoms with Gasteiger partial charge in [-0.25, -0.2) is 4.79 Å². The van der Waals surface area contributed by atoms with Gasteiger partial charge in [0.15, 0.2) is 0 Å². The predicted octanol–water partition coefficient (Wildman–Crippen LogP) is 1.29. The molecular formula is C18H26N2O5. The van der Waals surface area contributed by atoms with E-state index in [1.54, 1.807) is 12.1 Å². The number of carbonyl (C=O) groups excluding carboxylic acids is 3. The Morgan fingerprint density at radius 3 is 2.36 bits per heavy atom. The zero-order chi connectivity index (χ0) is 18.8. The van der Waals surface area contributed by atoms with Crippen LogP contribution in [-0.4, -0.2) is 41.6 Å². The van der Waals surface area contributed by atoms with Crippen LogP contribution in [0.1, 0.15) is 39.2 Å². The van der Waals surface area contributed by atoms with Crippen LogP contribution in [0.5, 0.6) is 5.75 Å². The maximum atomic E-state index is 12.4. The Balaban J connectivity index is 2.67. The molecule has 0 aromatic heterocycles. The number of esters is 1. The maximum Gasteiger partial charge on any atom is 0.328 e. The molecule has 3 N–H and O–H groups in total. The summed E-state index contributed by atoms with van der Waals surface area (Å²) in [5.74, 6) is -1.21. The second kappa shape index (κ2) is 10.3. The average Bonchev–Trinajstić information content (AvgIpc) is 2.55. The molecule has 0 heterocycles. The Morgan fingerprint density at radius 1 is 1.16 bits per heavy atom. The van der Waals surface area contributed by atoms with E-state index in [9.17, 15) is 19.5 Å². The summed E-state index contributed by atoms with van der Waals surface area (Å²) in [5, 5.41) is 14.5. The van der Waals surface area contributed by atoms with E-state index in [1.807, 2.05) is 6.92 Å². The normalized spacial score (nSPS) is 12.8. The molecule has 0 aliphatic heterocycles. The van der Waals surface area contributed by atoms with Gasteiger partial charge in [-0.1, -0.05) is 25.5 Å². The number of hydrogen-bond acceptors (Lipinski definition) is 5. The molecule has 0 unspecified atom stereocenters. The highest BCUT2D eigenvalue weighted by Gasteiger charge is 2.24. The van der Waals surface area contributed by atoms with Crippen molar-refractivity contribution in [2.24, 2.45) is 0 Å². The molecule has 2 atom stereocenters. The molecule has 1 rings (SSSR count). The van der Waals surface area contributed by atoms with Gasteiger partial charge in [-0.3, -0.25) is 9.59 Å². The van der Waals surface area contributed by atoms with Crippen LogP contribution in [0, 0.1) is 0 Å². The van der Waals surface area contributed by atoms with Crippen LogP contribution in [0.2, 0.25) is 0 Å². The van der Waals surface area contributed by atoms with Gasteiger partial charge in [0.25, 0.3) is 0 Å². The number of unbranched alkanes of at least 4 members (excludes halogenated alkanes) is 1. The minimum Gasteiger partial charge on any atom is -0.508 e. The molecule has 0 fully saturated rings. The summed E-state index contributed by atoms with van der Waals surface area (Å²) in [7, 11) is 0. The van der Waals surface area contributed by atoms with Crippen molar-refractivity contribution in [3.8, 4) is 5.75 Å². The van der Waals surface area contributed by atoms with Crippen molar-refractivity contribution in [2.75, 3.05) is 6.61 Å². The van der Waals surface area contributed by atoms with Crippen LogP contribution in [0.3, 0.4) is 0 Å². The molecule has 2 amide bonds. The first-order chi connectivity index (χ1) is 11.8. The summed E-state index contributed by atoms with van der Waals surface area (Å²) in [5.41, 5.74) is 0.768. The van der Waals surface area contributed by atoms with Crippen LogP contribution in [-0.2, 0) is 25.5 Å². The first kappa shape index (κ1) is 20.5. The number of amides is 2. The summed E-state index contributed by atoms with van der Waals surface area (Å²) < 4.78 is 5.07. The van der Waals surface area contributed by atoms with Gasteiger partial charge in [-0.2, -0.15) is 0 Å². The molecule has 0 aliphatic rings. The van der Waals surface area contributed by atoms with E-state index in [0.717, 1.165) is 18.4 Å². The second-order valence-corrected chi connectivity index (χ2v) is 5.88. The van der Waals surface area contributed by atoms with Gasteiger partial charge in [0.05, 0.1) is 6.61 Å². The number of carbonyl (C=O) groups is 3. The van der Waals surface area contributed by atoms with Crippen molar-refractivity contribution < 1.29 is 24.2 Å². The van der Waals surface area contributed by atoms with Crippen LogP contribution >= 0.6 is 0 Å². The monoisotopic (exact) mass is 350 g/mol. The van der Waals surface area contributed by atoms with Crippen LogP contribution in [0.4, 0.5) is 0 Å². The number of phenolic OH excluding ortho intramolecular Hbond substituents is 1. The molecule has 138 valence electrons. The standard InChI is InChI=1S/C18H26N2O5/c1-4-5-10-25-18(24)12(2)19-17(23)16(20-13(3)21)11-14-6-8-15(22)9-7-14/h6-9,12,16,22H,4-5,10-11H2,1-3H3,(H,19,23)(H,20,21)/t12-,16-/m0/s1. The number of benzene rings is 1. The lowest BCUT2D eigenvalue weighted by atomic mass is 10.0. The molecule has 0 aliphatic carbocycles. The van der Waals surface area contributed by atoms with Gasteiger partial charge in [0, 0.05) is 13.3 Å². The smallest absolute Gasteiger partial charge is 0.328 e. The topological polar surface area (TPSA) is 105 Å². The second-order valence-electron chi connectivity index (χ2n) is 5.88. The largest absolute Gasteiger partial charge is 0.508 e. The Labute approximate surface area is 147 Å². The zero-order valence-corrected chi connectivity index (χ0v) is 14.9. The lowest BCUT2D eigenvalue weighted by Crippen LogP contribution is -2.51. The van der Waals surface area contributed by atoms with E-state index in [0.29, 0.717) is 6.61 Å². The zero-order valence-electron chi connectivity index (χ0n) is 14.9. The highest BCUT2D eigenvalue weighted by molar-refractivity contribution is 5.90. The van der Waals surface area contributed by atoms with E-state index in [-0.39, 0.29) is 18.1 Å². The summed E-state index contributed by atoms with van der Waals surface area (Å²) in [6.07, 6.45) is 1.91. The SMILES string of the molecule is CCCCOC(=O)[C@H](C)NC(=O)[C@H](Cc1ccc(O)cc1)NC(C)=O. The molecule has 0 saturated heterocycles. The van der Waals surface area contributed by atoms with Gasteiger partial charge >= 0.3 is 5.97 Å². The Morgan fingerprint density at radius 2 is 1.80 bits per heavy atom. The maximum absolute atomic E-state index is 12.4. The lowest BCUT2D eigenvalue weighted by molar-refractivity contribution is -0.147. The quantitative estimate of drug-likeness (QED) is 0.460. The first-order valence-corrected chi connectivity index (χ1v) is 8.35. The molecule has 1 aromatic carbocycles. The van der Waals surface area contributed by atoms with Crippen LogP contribution in [0.25, 0.3) is 0 Å². The van der Waals surface area contributed by atoms with Crippen molar-refractivity contribution in [3.05, 3.63) is 29.8 Å². The third kappa shape index (κ3) is 7.69. The van der Waals surface area contributed by atoms with E-state index < -0.39 is 24.0 Å². The summed E-state index contributed by atoms with van der Waals surface area (Å²) in [6, 6.07) is 4.71.